The molecule has 1 aromatic heterocycles. The topological polar surface area (TPSA) is 4.93 Å². The van der Waals surface area contributed by atoms with Crippen molar-refractivity contribution in [2.75, 3.05) is 0 Å². The summed E-state index contributed by atoms with van der Waals surface area (Å²) in [5.41, 5.74) is 9.93. The maximum atomic E-state index is 2.39. The molecule has 0 aliphatic carbocycles. The summed E-state index contributed by atoms with van der Waals surface area (Å²) in [6, 6.07) is 48.3. The molecular weight excluding hydrogens is 434 g/mol. The van der Waals surface area contributed by atoms with Gasteiger partial charge in [0, 0.05) is 16.5 Å². The Bertz CT molecular complexity index is 1880. The number of aryl methyl sites for hydroxylation is 1. The van der Waals surface area contributed by atoms with Crippen LogP contribution in [-0.2, 0) is 0 Å². The summed E-state index contributed by atoms with van der Waals surface area (Å²) in [5.74, 6) is 0. The van der Waals surface area contributed by atoms with Gasteiger partial charge in [-0.05, 0) is 81.9 Å². The average molecular weight is 460 g/mol. The number of fused-ring (bicyclic) bond motifs is 4. The van der Waals surface area contributed by atoms with E-state index in [-0.39, 0.29) is 0 Å². The Balaban J connectivity index is 1.54. The van der Waals surface area contributed by atoms with Crippen molar-refractivity contribution >= 4 is 32.6 Å². The molecule has 0 unspecified atom stereocenters. The third-order valence-corrected chi connectivity index (χ3v) is 7.34. The quantitative estimate of drug-likeness (QED) is 0.248. The van der Waals surface area contributed by atoms with E-state index < -0.39 is 0 Å². The fourth-order valence-corrected chi connectivity index (χ4v) is 5.56. The van der Waals surface area contributed by atoms with Crippen LogP contribution in [0.15, 0.2) is 133 Å². The van der Waals surface area contributed by atoms with Crippen molar-refractivity contribution in [2.24, 2.45) is 0 Å². The predicted octanol–water partition coefficient (Wildman–Crippen LogP) is 9.58. The van der Waals surface area contributed by atoms with Crippen molar-refractivity contribution < 1.29 is 0 Å². The van der Waals surface area contributed by atoms with Crippen LogP contribution < -0.4 is 0 Å². The molecule has 6 aromatic carbocycles. The van der Waals surface area contributed by atoms with Gasteiger partial charge in [-0.3, -0.25) is 0 Å². The van der Waals surface area contributed by atoms with Gasteiger partial charge < -0.3 is 4.57 Å². The molecule has 0 aliphatic heterocycles. The molecule has 7 rings (SSSR count). The van der Waals surface area contributed by atoms with Crippen molar-refractivity contribution in [2.45, 2.75) is 6.92 Å². The van der Waals surface area contributed by atoms with E-state index in [0.717, 1.165) is 0 Å². The molecule has 36 heavy (non-hydrogen) atoms. The predicted molar refractivity (Wildman–Crippen MR) is 154 cm³/mol. The molecule has 0 amide bonds. The van der Waals surface area contributed by atoms with Crippen LogP contribution in [0.25, 0.3) is 60.5 Å². The summed E-state index contributed by atoms with van der Waals surface area (Å²) >= 11 is 0. The Morgan fingerprint density at radius 2 is 1.00 bits per heavy atom. The van der Waals surface area contributed by atoms with Gasteiger partial charge in [-0.25, -0.2) is 0 Å². The Kier molecular flexibility index (Phi) is 4.75. The van der Waals surface area contributed by atoms with Crippen LogP contribution in [0.1, 0.15) is 5.56 Å². The minimum Gasteiger partial charge on any atom is -0.309 e. The lowest BCUT2D eigenvalue weighted by atomic mass is 9.94. The van der Waals surface area contributed by atoms with Crippen LogP contribution in [0.4, 0.5) is 0 Å². The first-order valence-electron chi connectivity index (χ1n) is 12.5. The number of rotatable bonds is 3. The van der Waals surface area contributed by atoms with Gasteiger partial charge in [0.25, 0.3) is 0 Å². The second-order valence-corrected chi connectivity index (χ2v) is 9.48. The Hall–Kier alpha value is -4.62. The van der Waals surface area contributed by atoms with Crippen LogP contribution in [-0.4, -0.2) is 4.57 Å². The van der Waals surface area contributed by atoms with Crippen molar-refractivity contribution in [1.82, 2.24) is 4.57 Å². The monoisotopic (exact) mass is 459 g/mol. The molecule has 0 saturated heterocycles. The normalized spacial score (nSPS) is 11.5. The van der Waals surface area contributed by atoms with E-state index in [1.807, 2.05) is 0 Å². The maximum Gasteiger partial charge on any atom is 0.0541 e. The first kappa shape index (κ1) is 20.7. The molecule has 0 fully saturated rings. The Labute approximate surface area is 210 Å². The van der Waals surface area contributed by atoms with E-state index >= 15 is 0 Å². The lowest BCUT2D eigenvalue weighted by molar-refractivity contribution is 1.18. The van der Waals surface area contributed by atoms with Gasteiger partial charge in [-0.1, -0.05) is 97.1 Å². The number of hydrogen-bond acceptors (Lipinski definition) is 0. The summed E-state index contributed by atoms with van der Waals surface area (Å²) in [5, 5.41) is 5.16. The number of aromatic nitrogens is 1. The lowest BCUT2D eigenvalue weighted by Gasteiger charge is -2.11. The van der Waals surface area contributed by atoms with Gasteiger partial charge in [-0.2, -0.15) is 0 Å². The van der Waals surface area contributed by atoms with Gasteiger partial charge in [0.2, 0.25) is 0 Å². The zero-order valence-electron chi connectivity index (χ0n) is 20.1. The Morgan fingerprint density at radius 3 is 1.72 bits per heavy atom. The zero-order valence-corrected chi connectivity index (χ0v) is 20.1. The highest BCUT2D eigenvalue weighted by atomic mass is 15.0. The van der Waals surface area contributed by atoms with Crippen LogP contribution in [0.2, 0.25) is 0 Å². The molecule has 0 spiro atoms. The summed E-state index contributed by atoms with van der Waals surface area (Å²) in [7, 11) is 0. The molecule has 1 heterocycles. The fraction of sp³-hybridized carbons (Fsp3) is 0.0286. The third kappa shape index (κ3) is 3.25. The SMILES string of the molecule is Cc1ccc(-c2ccc3c(c2)c2cc(-c4ccccc4)ccc2n3-c2ccccc2)c2ccccc12. The molecular formula is C35H25N. The smallest absolute Gasteiger partial charge is 0.0541 e. The van der Waals surface area contributed by atoms with E-state index in [2.05, 4.69) is 145 Å². The largest absolute Gasteiger partial charge is 0.309 e. The van der Waals surface area contributed by atoms with Gasteiger partial charge in [-0.15, -0.1) is 0 Å². The highest BCUT2D eigenvalue weighted by Gasteiger charge is 2.15. The fourth-order valence-electron chi connectivity index (χ4n) is 5.56. The molecule has 1 nitrogen and oxygen atoms in total. The third-order valence-electron chi connectivity index (χ3n) is 7.34. The summed E-state index contributed by atoms with van der Waals surface area (Å²) in [6.07, 6.45) is 0. The molecule has 0 radical (unpaired) electrons. The maximum absolute atomic E-state index is 2.39. The second kappa shape index (κ2) is 8.25. The van der Waals surface area contributed by atoms with Gasteiger partial charge in [0.15, 0.2) is 0 Å². The van der Waals surface area contributed by atoms with E-state index in [9.17, 15) is 0 Å². The van der Waals surface area contributed by atoms with Gasteiger partial charge in [0.05, 0.1) is 11.0 Å². The molecule has 0 N–H and O–H groups in total. The minimum absolute atomic E-state index is 1.18. The molecule has 0 aliphatic rings. The number of nitrogens with zero attached hydrogens (tertiary/aromatic N) is 1. The van der Waals surface area contributed by atoms with E-state index in [4.69, 9.17) is 0 Å². The molecule has 7 aromatic rings. The highest BCUT2D eigenvalue weighted by molar-refractivity contribution is 6.12. The number of hydrogen-bond donors (Lipinski definition) is 0. The zero-order chi connectivity index (χ0) is 24.1. The van der Waals surface area contributed by atoms with Crippen LogP contribution in [0, 0.1) is 6.92 Å². The molecule has 0 bridgehead atoms. The number of para-hydroxylation sites is 1. The average Bonchev–Trinajstić information content (AvgIpc) is 3.27. The number of benzene rings is 6. The first-order valence-corrected chi connectivity index (χ1v) is 12.5. The van der Waals surface area contributed by atoms with Crippen molar-refractivity contribution in [3.05, 3.63) is 139 Å². The Morgan fingerprint density at radius 1 is 0.417 bits per heavy atom. The lowest BCUT2D eigenvalue weighted by Crippen LogP contribution is -1.93. The molecule has 170 valence electrons. The summed E-state index contributed by atoms with van der Waals surface area (Å²) in [4.78, 5) is 0. The second-order valence-electron chi connectivity index (χ2n) is 9.48. The molecule has 0 atom stereocenters. The standard InChI is InChI=1S/C35H25N/c1-24-16-19-30(31-15-9-8-14-29(24)31)27-18-21-35-33(23-27)32-22-26(25-10-4-2-5-11-25)17-20-34(32)36(35)28-12-6-3-7-13-28/h2-23H,1H3. The van der Waals surface area contributed by atoms with Crippen LogP contribution in [0.5, 0.6) is 0 Å². The van der Waals surface area contributed by atoms with Crippen LogP contribution in [0.3, 0.4) is 0 Å². The molecule has 1 heteroatoms. The van der Waals surface area contributed by atoms with Crippen LogP contribution >= 0.6 is 0 Å². The van der Waals surface area contributed by atoms with Gasteiger partial charge >= 0.3 is 0 Å². The van der Waals surface area contributed by atoms with Crippen molar-refractivity contribution in [3.8, 4) is 27.9 Å². The van der Waals surface area contributed by atoms with Crippen molar-refractivity contribution in [3.63, 3.8) is 0 Å². The first-order chi connectivity index (χ1) is 17.8. The van der Waals surface area contributed by atoms with Gasteiger partial charge in [0.1, 0.15) is 0 Å². The minimum atomic E-state index is 1.18. The highest BCUT2D eigenvalue weighted by Crippen LogP contribution is 2.38. The van der Waals surface area contributed by atoms with Crippen molar-refractivity contribution in [1.29, 1.82) is 0 Å². The van der Waals surface area contributed by atoms with E-state index in [0.29, 0.717) is 0 Å². The summed E-state index contributed by atoms with van der Waals surface area (Å²) < 4.78 is 2.39. The van der Waals surface area contributed by atoms with E-state index in [1.165, 1.54) is 66.1 Å². The summed E-state index contributed by atoms with van der Waals surface area (Å²) in [6.45, 7) is 2.19. The molecule has 0 saturated carbocycles. The van der Waals surface area contributed by atoms with E-state index in [1.54, 1.807) is 0 Å².